The van der Waals surface area contributed by atoms with Crippen molar-refractivity contribution in [3.05, 3.63) is 0 Å². The molecule has 0 aromatic rings. The lowest BCUT2D eigenvalue weighted by molar-refractivity contribution is -0.122. The highest BCUT2D eigenvalue weighted by Gasteiger charge is 2.55. The summed E-state index contributed by atoms with van der Waals surface area (Å²) in [5.41, 5.74) is -0.930. The zero-order chi connectivity index (χ0) is 21.9. The molecule has 1 heterocycles. The number of likely N-dealkylation sites (tertiary alicyclic amines) is 1. The summed E-state index contributed by atoms with van der Waals surface area (Å²) in [6.45, 7) is 8.17. The van der Waals surface area contributed by atoms with Gasteiger partial charge in [0.2, 0.25) is 5.91 Å². The van der Waals surface area contributed by atoms with Gasteiger partial charge in [0.25, 0.3) is 0 Å². The van der Waals surface area contributed by atoms with Crippen molar-refractivity contribution in [2.24, 2.45) is 11.3 Å². The zero-order valence-corrected chi connectivity index (χ0v) is 19.4. The van der Waals surface area contributed by atoms with Crippen molar-refractivity contribution in [1.82, 2.24) is 10.2 Å². The van der Waals surface area contributed by atoms with Gasteiger partial charge in [-0.1, -0.05) is 39.0 Å². The molecule has 0 spiro atoms. The largest absolute Gasteiger partial charge is 0.444 e. The summed E-state index contributed by atoms with van der Waals surface area (Å²) < 4.78 is 5.74. The van der Waals surface area contributed by atoms with Crippen LogP contribution in [0.3, 0.4) is 0 Å². The first-order chi connectivity index (χ1) is 14.1. The topological polar surface area (TPSA) is 78.9 Å². The maximum absolute atomic E-state index is 13.2. The fraction of sp³-hybridized carbons (Fsp3) is 0.917. The summed E-state index contributed by atoms with van der Waals surface area (Å²) in [4.78, 5) is 27.6. The third-order valence-corrected chi connectivity index (χ3v) is 7.47. The molecule has 3 fully saturated rings. The van der Waals surface area contributed by atoms with Gasteiger partial charge in [-0.3, -0.25) is 9.69 Å². The fourth-order valence-corrected chi connectivity index (χ4v) is 5.87. The Hall–Kier alpha value is -1.30. The van der Waals surface area contributed by atoms with Gasteiger partial charge in [-0.05, 0) is 58.8 Å². The van der Waals surface area contributed by atoms with Gasteiger partial charge < -0.3 is 15.2 Å². The van der Waals surface area contributed by atoms with Gasteiger partial charge in [0.15, 0.2) is 0 Å². The molecule has 30 heavy (non-hydrogen) atoms. The van der Waals surface area contributed by atoms with E-state index in [1.54, 1.807) is 0 Å². The summed E-state index contributed by atoms with van der Waals surface area (Å²) in [6, 6.07) is -0.192. The predicted molar refractivity (Wildman–Crippen MR) is 117 cm³/mol. The lowest BCUT2D eigenvalue weighted by atomic mass is 9.75. The van der Waals surface area contributed by atoms with Crippen LogP contribution in [0.4, 0.5) is 4.79 Å². The predicted octanol–water partition coefficient (Wildman–Crippen LogP) is 4.39. The van der Waals surface area contributed by atoms with Crippen LogP contribution in [-0.4, -0.2) is 52.3 Å². The Balaban J connectivity index is 1.69. The van der Waals surface area contributed by atoms with E-state index in [0.29, 0.717) is 25.3 Å². The molecule has 0 aromatic heterocycles. The molecule has 2 N–H and O–H groups in total. The monoisotopic (exact) mass is 422 g/mol. The van der Waals surface area contributed by atoms with Crippen LogP contribution in [0, 0.1) is 11.3 Å². The van der Waals surface area contributed by atoms with Crippen LogP contribution in [0.2, 0.25) is 0 Å². The van der Waals surface area contributed by atoms with Gasteiger partial charge in [0, 0.05) is 24.4 Å². The van der Waals surface area contributed by atoms with E-state index in [1.807, 2.05) is 25.7 Å². The average Bonchev–Trinajstić information content (AvgIpc) is 2.88. The normalized spacial score (nSPS) is 33.0. The van der Waals surface area contributed by atoms with Crippen LogP contribution in [0.5, 0.6) is 0 Å². The minimum atomic E-state index is -0.575. The minimum Gasteiger partial charge on any atom is -0.444 e. The van der Waals surface area contributed by atoms with Crippen molar-refractivity contribution in [3.8, 4) is 0 Å². The van der Waals surface area contributed by atoms with E-state index in [0.717, 1.165) is 38.5 Å². The number of nitrogens with zero attached hydrogens (tertiary/aromatic N) is 1. The number of hydrogen-bond acceptors (Lipinski definition) is 4. The average molecular weight is 423 g/mol. The lowest BCUT2D eigenvalue weighted by Gasteiger charge is -2.37. The van der Waals surface area contributed by atoms with E-state index >= 15 is 0 Å². The Morgan fingerprint density at radius 1 is 1.07 bits per heavy atom. The van der Waals surface area contributed by atoms with Gasteiger partial charge >= 0.3 is 6.09 Å². The molecule has 0 radical (unpaired) electrons. The highest BCUT2D eigenvalue weighted by molar-refractivity contribution is 5.76. The number of carbonyl (C=O) groups is 2. The number of aliphatic hydroxyl groups is 1. The van der Waals surface area contributed by atoms with Crippen LogP contribution in [0.25, 0.3) is 0 Å². The molecule has 1 saturated heterocycles. The van der Waals surface area contributed by atoms with Crippen molar-refractivity contribution in [1.29, 1.82) is 0 Å². The zero-order valence-electron chi connectivity index (χ0n) is 19.4. The van der Waals surface area contributed by atoms with Crippen molar-refractivity contribution in [2.45, 2.75) is 122 Å². The highest BCUT2D eigenvalue weighted by Crippen LogP contribution is 2.48. The van der Waals surface area contributed by atoms with Gasteiger partial charge in [-0.25, -0.2) is 4.79 Å². The Labute approximate surface area is 182 Å². The minimum absolute atomic E-state index is 0.0508. The first kappa shape index (κ1) is 23.4. The van der Waals surface area contributed by atoms with Crippen molar-refractivity contribution < 1.29 is 19.4 Å². The second-order valence-corrected chi connectivity index (χ2v) is 11.1. The van der Waals surface area contributed by atoms with Crippen LogP contribution in [0.1, 0.15) is 98.3 Å². The third kappa shape index (κ3) is 5.49. The molecule has 2 aliphatic carbocycles. The third-order valence-electron chi connectivity index (χ3n) is 7.47. The van der Waals surface area contributed by atoms with E-state index in [1.165, 1.54) is 19.3 Å². The van der Waals surface area contributed by atoms with Crippen LogP contribution >= 0.6 is 0 Å². The molecule has 2 amide bonds. The number of fused-ring (bicyclic) bond motifs is 1. The molecule has 6 nitrogen and oxygen atoms in total. The number of hydrogen-bond donors (Lipinski definition) is 2. The first-order valence-corrected chi connectivity index (χ1v) is 12.1. The van der Waals surface area contributed by atoms with Crippen molar-refractivity contribution in [3.63, 3.8) is 0 Å². The smallest absolute Gasteiger partial charge is 0.410 e. The highest BCUT2D eigenvalue weighted by atomic mass is 16.6. The molecule has 172 valence electrons. The Kier molecular flexibility index (Phi) is 7.36. The second kappa shape index (κ2) is 9.46. The molecule has 3 aliphatic rings. The quantitative estimate of drug-likeness (QED) is 0.704. The van der Waals surface area contributed by atoms with Gasteiger partial charge in [0.05, 0.1) is 12.1 Å². The summed E-state index contributed by atoms with van der Waals surface area (Å²) in [5, 5.41) is 14.0. The molecule has 0 aromatic carbocycles. The molecule has 0 unspecified atom stereocenters. The molecule has 1 aliphatic heterocycles. The Morgan fingerprint density at radius 2 is 1.70 bits per heavy atom. The van der Waals surface area contributed by atoms with Crippen LogP contribution in [-0.2, 0) is 9.53 Å². The second-order valence-electron chi connectivity index (χ2n) is 11.1. The number of rotatable bonds is 4. The number of ether oxygens (including phenoxy) is 1. The Bertz CT molecular complexity index is 611. The molecule has 0 bridgehead atoms. The summed E-state index contributed by atoms with van der Waals surface area (Å²) in [5.74, 6) is 0.582. The van der Waals surface area contributed by atoms with Crippen molar-refractivity contribution >= 4 is 12.0 Å². The Morgan fingerprint density at radius 3 is 2.37 bits per heavy atom. The number of carbonyl (C=O) groups excluding carboxylic acids is 2. The van der Waals surface area contributed by atoms with Gasteiger partial charge in [-0.15, -0.1) is 0 Å². The van der Waals surface area contributed by atoms with Crippen LogP contribution < -0.4 is 5.32 Å². The first-order valence-electron chi connectivity index (χ1n) is 12.1. The lowest BCUT2D eigenvalue weighted by Crippen LogP contribution is -2.50. The van der Waals surface area contributed by atoms with E-state index in [9.17, 15) is 14.7 Å². The number of amides is 2. The molecular formula is C24H42N2O4. The maximum Gasteiger partial charge on any atom is 0.410 e. The van der Waals surface area contributed by atoms with E-state index < -0.39 is 11.7 Å². The molecule has 4 atom stereocenters. The van der Waals surface area contributed by atoms with E-state index in [2.05, 4.69) is 12.2 Å². The van der Waals surface area contributed by atoms with E-state index in [4.69, 9.17) is 4.74 Å². The standard InChI is InChI=1S/C24H42N2O4/c1-23(2,3)30-22(29)26-18(15-24(4)19(26)12-8-9-13-20(24)27)16-25-21(28)14-17-10-6-5-7-11-17/h17-20,27H,5-16H2,1-4H3,(H,25,28)/t18-,19-,20+,24-/m1/s1. The summed E-state index contributed by atoms with van der Waals surface area (Å²) >= 11 is 0. The SMILES string of the molecule is CC(C)(C)OC(=O)N1[C@@H](CNC(=O)CC2CCCCC2)C[C@@]2(C)[C@@H](O)CCCC[C@@H]12. The molecule has 2 saturated carbocycles. The molecule has 6 heteroatoms. The van der Waals surface area contributed by atoms with Gasteiger partial charge in [0.1, 0.15) is 5.60 Å². The van der Waals surface area contributed by atoms with E-state index in [-0.39, 0.29) is 29.5 Å². The van der Waals surface area contributed by atoms with Crippen LogP contribution in [0.15, 0.2) is 0 Å². The fourth-order valence-electron chi connectivity index (χ4n) is 5.87. The van der Waals surface area contributed by atoms with Gasteiger partial charge in [-0.2, -0.15) is 0 Å². The van der Waals surface area contributed by atoms with Crippen molar-refractivity contribution in [2.75, 3.05) is 6.54 Å². The summed E-state index contributed by atoms with van der Waals surface area (Å²) in [6.07, 6.45) is 10.2. The number of nitrogens with one attached hydrogen (secondary N) is 1. The molecule has 3 rings (SSSR count). The maximum atomic E-state index is 13.2. The summed E-state index contributed by atoms with van der Waals surface area (Å²) in [7, 11) is 0. The number of aliphatic hydroxyl groups excluding tert-OH is 1. The molecular weight excluding hydrogens is 380 g/mol.